The lowest BCUT2D eigenvalue weighted by molar-refractivity contribution is -0.127. The highest BCUT2D eigenvalue weighted by Gasteiger charge is 2.33. The zero-order chi connectivity index (χ0) is 29.6. The van der Waals surface area contributed by atoms with E-state index in [1.807, 2.05) is 37.3 Å². The van der Waals surface area contributed by atoms with Gasteiger partial charge in [0.15, 0.2) is 5.17 Å². The van der Waals surface area contributed by atoms with Crippen molar-refractivity contribution < 1.29 is 18.0 Å². The molecule has 1 aliphatic rings. The summed E-state index contributed by atoms with van der Waals surface area (Å²) in [5.74, 6) is -0.581. The lowest BCUT2D eigenvalue weighted by Crippen LogP contribution is -2.37. The van der Waals surface area contributed by atoms with Crippen LogP contribution in [0.1, 0.15) is 49.2 Å². The Morgan fingerprint density at radius 1 is 1.05 bits per heavy atom. The maximum Gasteiger partial charge on any atom is 0.253 e. The van der Waals surface area contributed by atoms with Crippen LogP contribution < -0.4 is 5.32 Å². The van der Waals surface area contributed by atoms with Gasteiger partial charge in [0.25, 0.3) is 5.91 Å². The quantitative estimate of drug-likeness (QED) is 0.308. The molecule has 0 saturated carbocycles. The van der Waals surface area contributed by atoms with E-state index in [-0.39, 0.29) is 28.4 Å². The molecule has 0 aromatic heterocycles. The van der Waals surface area contributed by atoms with Crippen LogP contribution in [0.3, 0.4) is 0 Å². The highest BCUT2D eigenvalue weighted by atomic mass is 35.5. The number of hydrogen-bond acceptors (Lipinski definition) is 6. The minimum atomic E-state index is -3.65. The van der Waals surface area contributed by atoms with Crippen LogP contribution in [-0.2, 0) is 14.8 Å². The fourth-order valence-electron chi connectivity index (χ4n) is 4.55. The standard InChI is InChI=1S/C30H33ClN4O4S2/c1-4-34(5-2)41(38,39)24-15-11-14-23(18-24)32-30-35(20-21(3)40-30)28(36)19-27(22-12-7-6-8-13-22)33-29(37)25-16-9-10-17-26(25)31/h6-18,21,27H,4-5,19-20H2,1-3H3,(H,33,37)/t21-,27-/m0/s1. The van der Waals surface area contributed by atoms with Crippen LogP contribution in [0.15, 0.2) is 88.8 Å². The number of hydrogen-bond donors (Lipinski definition) is 1. The molecule has 1 N–H and O–H groups in total. The molecule has 3 aromatic rings. The van der Waals surface area contributed by atoms with Crippen molar-refractivity contribution in [2.24, 2.45) is 4.99 Å². The van der Waals surface area contributed by atoms with Gasteiger partial charge in [-0.15, -0.1) is 0 Å². The number of sulfonamides is 1. The van der Waals surface area contributed by atoms with Crippen LogP contribution in [0.4, 0.5) is 5.69 Å². The van der Waals surface area contributed by atoms with Gasteiger partial charge in [0.1, 0.15) is 0 Å². The average molecular weight is 613 g/mol. The van der Waals surface area contributed by atoms with Gasteiger partial charge in [0, 0.05) is 24.9 Å². The van der Waals surface area contributed by atoms with E-state index in [4.69, 9.17) is 16.6 Å². The van der Waals surface area contributed by atoms with Gasteiger partial charge < -0.3 is 5.32 Å². The average Bonchev–Trinajstić information content (AvgIpc) is 3.33. The molecule has 0 radical (unpaired) electrons. The van der Waals surface area contributed by atoms with Crippen LogP contribution in [0, 0.1) is 0 Å². The van der Waals surface area contributed by atoms with Crippen molar-refractivity contribution in [2.75, 3.05) is 19.6 Å². The molecule has 0 aliphatic carbocycles. The molecule has 1 aliphatic heterocycles. The minimum absolute atomic E-state index is 0.00286. The minimum Gasteiger partial charge on any atom is -0.345 e. The monoisotopic (exact) mass is 612 g/mol. The number of benzene rings is 3. The van der Waals surface area contributed by atoms with E-state index in [0.717, 1.165) is 5.56 Å². The first-order valence-electron chi connectivity index (χ1n) is 13.4. The van der Waals surface area contributed by atoms with Gasteiger partial charge in [0.2, 0.25) is 15.9 Å². The van der Waals surface area contributed by atoms with Crippen LogP contribution >= 0.6 is 23.4 Å². The summed E-state index contributed by atoms with van der Waals surface area (Å²) in [5.41, 5.74) is 1.56. The Hall–Kier alpha value is -3.18. The third-order valence-corrected chi connectivity index (χ3v) is 10.1. The smallest absolute Gasteiger partial charge is 0.253 e. The van der Waals surface area contributed by atoms with Gasteiger partial charge in [0.05, 0.1) is 33.6 Å². The SMILES string of the molecule is CCN(CC)S(=O)(=O)c1cccc(N=C2S[C@@H](C)CN2C(=O)C[C@H](NC(=O)c2ccccc2Cl)c2ccccc2)c1. The Bertz CT molecular complexity index is 1530. The predicted molar refractivity (Wildman–Crippen MR) is 165 cm³/mol. The first-order chi connectivity index (χ1) is 19.6. The molecular formula is C30H33ClN4O4S2. The first kappa shape index (κ1) is 30.8. The number of aliphatic imine (C=N–C) groups is 1. The number of amidine groups is 1. The molecular weight excluding hydrogens is 580 g/mol. The molecule has 3 aromatic carbocycles. The summed E-state index contributed by atoms with van der Waals surface area (Å²) >= 11 is 7.70. The topological polar surface area (TPSA) is 99.2 Å². The second kappa shape index (κ2) is 13.7. The second-order valence-electron chi connectivity index (χ2n) is 9.53. The van der Waals surface area contributed by atoms with Crippen LogP contribution in [0.25, 0.3) is 0 Å². The summed E-state index contributed by atoms with van der Waals surface area (Å²) in [5, 5.41) is 3.88. The molecule has 0 bridgehead atoms. The molecule has 8 nitrogen and oxygen atoms in total. The molecule has 4 rings (SSSR count). The third kappa shape index (κ3) is 7.37. The summed E-state index contributed by atoms with van der Waals surface area (Å²) < 4.78 is 27.5. The number of carbonyl (C=O) groups excluding carboxylic acids is 2. The number of amides is 2. The Balaban J connectivity index is 1.59. The Morgan fingerprint density at radius 3 is 2.41 bits per heavy atom. The molecule has 2 amide bonds. The second-order valence-corrected chi connectivity index (χ2v) is 13.3. The van der Waals surface area contributed by atoms with E-state index in [0.29, 0.717) is 41.1 Å². The summed E-state index contributed by atoms with van der Waals surface area (Å²) in [6.07, 6.45) is 0.00286. The van der Waals surface area contributed by atoms with Gasteiger partial charge in [-0.05, 0) is 35.9 Å². The highest BCUT2D eigenvalue weighted by molar-refractivity contribution is 8.14. The predicted octanol–water partition coefficient (Wildman–Crippen LogP) is 5.88. The van der Waals surface area contributed by atoms with Crippen LogP contribution in [0.5, 0.6) is 0 Å². The number of nitrogens with one attached hydrogen (secondary N) is 1. The molecule has 1 heterocycles. The van der Waals surface area contributed by atoms with Gasteiger partial charge in [-0.3, -0.25) is 14.5 Å². The number of rotatable bonds is 10. The molecule has 2 atom stereocenters. The summed E-state index contributed by atoms with van der Waals surface area (Å²) in [7, 11) is -3.65. The van der Waals surface area contributed by atoms with Crippen LogP contribution in [-0.4, -0.2) is 59.5 Å². The summed E-state index contributed by atoms with van der Waals surface area (Å²) in [6, 6.07) is 21.9. The van der Waals surface area contributed by atoms with E-state index < -0.39 is 16.1 Å². The maximum atomic E-state index is 13.7. The third-order valence-electron chi connectivity index (χ3n) is 6.67. The normalized spacial score (nSPS) is 17.1. The summed E-state index contributed by atoms with van der Waals surface area (Å²) in [4.78, 5) is 33.3. The van der Waals surface area contributed by atoms with Crippen molar-refractivity contribution in [1.82, 2.24) is 14.5 Å². The Morgan fingerprint density at radius 2 is 1.73 bits per heavy atom. The number of nitrogens with zero attached hydrogens (tertiary/aromatic N) is 3. The van der Waals surface area contributed by atoms with Crippen molar-refractivity contribution in [2.45, 2.75) is 43.4 Å². The van der Waals surface area contributed by atoms with Crippen molar-refractivity contribution in [3.8, 4) is 0 Å². The lowest BCUT2D eigenvalue weighted by atomic mass is 10.0. The zero-order valence-corrected chi connectivity index (χ0v) is 25.5. The Kier molecular flexibility index (Phi) is 10.2. The number of halogens is 1. The molecule has 0 unspecified atom stereocenters. The van der Waals surface area contributed by atoms with E-state index in [9.17, 15) is 18.0 Å². The fraction of sp³-hybridized carbons (Fsp3) is 0.300. The number of carbonyl (C=O) groups is 2. The molecule has 216 valence electrons. The molecule has 1 saturated heterocycles. The first-order valence-corrected chi connectivity index (χ1v) is 16.1. The van der Waals surface area contributed by atoms with Gasteiger partial charge in [-0.25, -0.2) is 13.4 Å². The zero-order valence-electron chi connectivity index (χ0n) is 23.2. The van der Waals surface area contributed by atoms with Crippen molar-refractivity contribution in [1.29, 1.82) is 0 Å². The van der Waals surface area contributed by atoms with Crippen molar-refractivity contribution >= 4 is 56.1 Å². The highest BCUT2D eigenvalue weighted by Crippen LogP contribution is 2.31. The maximum absolute atomic E-state index is 13.7. The van der Waals surface area contributed by atoms with Gasteiger partial charge in [-0.1, -0.05) is 92.7 Å². The Labute approximate surface area is 250 Å². The summed E-state index contributed by atoms with van der Waals surface area (Å²) in [6.45, 7) is 6.77. The molecule has 1 fully saturated rings. The van der Waals surface area contributed by atoms with Gasteiger partial charge >= 0.3 is 0 Å². The van der Waals surface area contributed by atoms with Crippen molar-refractivity contribution in [3.05, 3.63) is 95.0 Å². The molecule has 0 spiro atoms. The van der Waals surface area contributed by atoms with E-state index in [1.54, 1.807) is 61.2 Å². The van der Waals surface area contributed by atoms with Gasteiger partial charge in [-0.2, -0.15) is 4.31 Å². The lowest BCUT2D eigenvalue weighted by Gasteiger charge is -2.23. The van der Waals surface area contributed by atoms with E-state index in [1.165, 1.54) is 22.1 Å². The molecule has 11 heteroatoms. The number of thioether (sulfide) groups is 1. The van der Waals surface area contributed by atoms with E-state index in [2.05, 4.69) is 5.32 Å². The fourth-order valence-corrected chi connectivity index (χ4v) is 7.32. The van der Waals surface area contributed by atoms with E-state index >= 15 is 0 Å². The molecule has 41 heavy (non-hydrogen) atoms. The van der Waals surface area contributed by atoms with Crippen molar-refractivity contribution in [3.63, 3.8) is 0 Å². The van der Waals surface area contributed by atoms with Crippen LogP contribution in [0.2, 0.25) is 5.02 Å². The largest absolute Gasteiger partial charge is 0.345 e.